The lowest BCUT2D eigenvalue weighted by Gasteiger charge is -2.29. The van der Waals surface area contributed by atoms with Gasteiger partial charge in [-0.15, -0.1) is 10.1 Å². The van der Waals surface area contributed by atoms with Crippen molar-refractivity contribution in [3.8, 4) is 5.75 Å². The van der Waals surface area contributed by atoms with Crippen molar-refractivity contribution >= 4 is 23.6 Å². The maximum absolute atomic E-state index is 13.4. The number of esters is 1. The summed E-state index contributed by atoms with van der Waals surface area (Å²) in [5.74, 6) is -1.25. The lowest BCUT2D eigenvalue weighted by atomic mass is 9.96. The number of carbonyl (C=O) groups is 1. The standard InChI is InChI=1S/C17H17ClF3NO7/c1-9-7-13-11(10(2)14(9)18)8-12(15(29-13)17(19,20)21)16(23)27-5-3-26-4-6-28-22(24)25/h7-8,15H,3-6H2,1-2H3/t15-/m0/s1. The Morgan fingerprint density at radius 1 is 1.28 bits per heavy atom. The Labute approximate surface area is 168 Å². The SMILES string of the molecule is Cc1cc2c(c(C)c1Cl)C=C(C(=O)OCCOCCO[N+](=O)[O-])[C@@H](C(F)(F)F)O2. The van der Waals surface area contributed by atoms with Crippen LogP contribution >= 0.6 is 11.6 Å². The van der Waals surface area contributed by atoms with E-state index in [0.717, 1.165) is 6.08 Å². The van der Waals surface area contributed by atoms with E-state index in [-0.39, 0.29) is 37.7 Å². The fraction of sp³-hybridized carbons (Fsp3) is 0.471. The van der Waals surface area contributed by atoms with Crippen LogP contribution in [-0.2, 0) is 19.1 Å². The Morgan fingerprint density at radius 2 is 1.93 bits per heavy atom. The summed E-state index contributed by atoms with van der Waals surface area (Å²) in [4.78, 5) is 26.2. The molecule has 2 rings (SSSR count). The fourth-order valence-corrected chi connectivity index (χ4v) is 2.75. The van der Waals surface area contributed by atoms with E-state index >= 15 is 0 Å². The van der Waals surface area contributed by atoms with Gasteiger partial charge in [-0.2, -0.15) is 13.2 Å². The Balaban J connectivity index is 2.10. The predicted molar refractivity (Wildman–Crippen MR) is 94.1 cm³/mol. The van der Waals surface area contributed by atoms with Gasteiger partial charge < -0.3 is 19.0 Å². The first-order chi connectivity index (χ1) is 13.5. The average Bonchev–Trinajstić information content (AvgIpc) is 2.63. The molecule has 1 atom stereocenters. The highest BCUT2D eigenvalue weighted by Gasteiger charge is 2.49. The summed E-state index contributed by atoms with van der Waals surface area (Å²) in [6.07, 6.45) is -6.27. The van der Waals surface area contributed by atoms with E-state index in [1.165, 1.54) is 6.07 Å². The van der Waals surface area contributed by atoms with Gasteiger partial charge in [0.2, 0.25) is 6.10 Å². The van der Waals surface area contributed by atoms with Gasteiger partial charge in [0.15, 0.2) is 0 Å². The van der Waals surface area contributed by atoms with Crippen LogP contribution in [0.5, 0.6) is 5.75 Å². The number of aryl methyl sites for hydroxylation is 1. The van der Waals surface area contributed by atoms with Gasteiger partial charge in [0.1, 0.15) is 19.0 Å². The van der Waals surface area contributed by atoms with Crippen LogP contribution in [0.2, 0.25) is 5.02 Å². The molecular formula is C17H17ClF3NO7. The van der Waals surface area contributed by atoms with Crippen LogP contribution in [0.25, 0.3) is 6.08 Å². The minimum atomic E-state index is -4.85. The Morgan fingerprint density at radius 3 is 2.55 bits per heavy atom. The summed E-state index contributed by atoms with van der Waals surface area (Å²) in [6, 6.07) is 1.38. The molecule has 0 aromatic heterocycles. The second-order valence-corrected chi connectivity index (χ2v) is 6.37. The van der Waals surface area contributed by atoms with Crippen molar-refractivity contribution < 1.29 is 42.1 Å². The van der Waals surface area contributed by atoms with E-state index < -0.39 is 28.9 Å². The van der Waals surface area contributed by atoms with Crippen LogP contribution in [-0.4, -0.2) is 49.8 Å². The van der Waals surface area contributed by atoms with E-state index in [0.29, 0.717) is 16.1 Å². The minimum absolute atomic E-state index is 0.0302. The van der Waals surface area contributed by atoms with Crippen LogP contribution in [0, 0.1) is 24.0 Å². The van der Waals surface area contributed by atoms with Crippen LogP contribution in [0.15, 0.2) is 11.6 Å². The van der Waals surface area contributed by atoms with Crippen molar-refractivity contribution in [1.82, 2.24) is 0 Å². The number of halogens is 4. The second-order valence-electron chi connectivity index (χ2n) is 5.99. The van der Waals surface area contributed by atoms with Crippen molar-refractivity contribution in [2.75, 3.05) is 26.4 Å². The average molecular weight is 440 g/mol. The third-order valence-electron chi connectivity index (χ3n) is 3.94. The molecule has 12 heteroatoms. The fourth-order valence-electron chi connectivity index (χ4n) is 2.59. The maximum atomic E-state index is 13.4. The van der Waals surface area contributed by atoms with Gasteiger partial charge in [0.05, 0.1) is 18.8 Å². The number of alkyl halides is 3. The summed E-state index contributed by atoms with van der Waals surface area (Å²) in [7, 11) is 0. The molecule has 0 N–H and O–H groups in total. The van der Waals surface area contributed by atoms with Crippen LogP contribution in [0.1, 0.15) is 16.7 Å². The zero-order valence-electron chi connectivity index (χ0n) is 15.4. The van der Waals surface area contributed by atoms with Crippen LogP contribution < -0.4 is 4.74 Å². The zero-order valence-corrected chi connectivity index (χ0v) is 16.1. The number of fused-ring (bicyclic) bond motifs is 1. The highest BCUT2D eigenvalue weighted by atomic mass is 35.5. The molecule has 0 bridgehead atoms. The smallest absolute Gasteiger partial charge is 0.430 e. The summed E-state index contributed by atoms with van der Waals surface area (Å²) in [6.45, 7) is 2.21. The number of ether oxygens (including phenoxy) is 3. The lowest BCUT2D eigenvalue weighted by molar-refractivity contribution is -0.758. The quantitative estimate of drug-likeness (QED) is 0.265. The first-order valence-corrected chi connectivity index (χ1v) is 8.67. The molecule has 0 amide bonds. The van der Waals surface area contributed by atoms with E-state index in [2.05, 4.69) is 4.84 Å². The molecule has 0 saturated heterocycles. The van der Waals surface area contributed by atoms with Crippen LogP contribution in [0.4, 0.5) is 13.2 Å². The molecule has 0 aliphatic carbocycles. The number of hydrogen-bond acceptors (Lipinski definition) is 7. The molecule has 29 heavy (non-hydrogen) atoms. The monoisotopic (exact) mass is 439 g/mol. The first kappa shape index (κ1) is 22.8. The zero-order chi connectivity index (χ0) is 21.8. The highest BCUT2D eigenvalue weighted by Crippen LogP contribution is 2.41. The van der Waals surface area contributed by atoms with Gasteiger partial charge in [-0.25, -0.2) is 4.79 Å². The van der Waals surface area contributed by atoms with Gasteiger partial charge >= 0.3 is 12.1 Å². The van der Waals surface area contributed by atoms with E-state index in [4.69, 9.17) is 25.8 Å². The van der Waals surface area contributed by atoms with Gasteiger partial charge in [0.25, 0.3) is 5.09 Å². The molecule has 0 radical (unpaired) electrons. The normalized spacial score (nSPS) is 15.8. The van der Waals surface area contributed by atoms with E-state index in [9.17, 15) is 28.1 Å². The molecule has 1 aromatic rings. The van der Waals surface area contributed by atoms with E-state index in [1.54, 1.807) is 13.8 Å². The summed E-state index contributed by atoms with van der Waals surface area (Å²) < 4.78 is 55.1. The second kappa shape index (κ2) is 9.31. The van der Waals surface area contributed by atoms with Crippen molar-refractivity contribution in [2.24, 2.45) is 0 Å². The van der Waals surface area contributed by atoms with Gasteiger partial charge in [-0.05, 0) is 37.1 Å². The van der Waals surface area contributed by atoms with Crippen molar-refractivity contribution in [1.29, 1.82) is 0 Å². The number of nitrogens with zero attached hydrogens (tertiary/aromatic N) is 1. The topological polar surface area (TPSA) is 97.1 Å². The van der Waals surface area contributed by atoms with Gasteiger partial charge in [-0.3, -0.25) is 0 Å². The van der Waals surface area contributed by atoms with Crippen LogP contribution in [0.3, 0.4) is 0 Å². The Bertz CT molecular complexity index is 826. The molecule has 160 valence electrons. The largest absolute Gasteiger partial charge is 0.475 e. The summed E-state index contributed by atoms with van der Waals surface area (Å²) in [5, 5.41) is 9.31. The molecule has 0 saturated carbocycles. The third kappa shape index (κ3) is 5.73. The lowest BCUT2D eigenvalue weighted by Crippen LogP contribution is -2.41. The molecule has 0 unspecified atom stereocenters. The van der Waals surface area contributed by atoms with Crippen molar-refractivity contribution in [2.45, 2.75) is 26.1 Å². The number of carbonyl (C=O) groups excluding carboxylic acids is 1. The highest BCUT2D eigenvalue weighted by molar-refractivity contribution is 6.32. The molecule has 1 aromatic carbocycles. The third-order valence-corrected chi connectivity index (χ3v) is 4.52. The Kier molecular flexibility index (Phi) is 7.31. The molecular weight excluding hydrogens is 423 g/mol. The number of hydrogen-bond donors (Lipinski definition) is 0. The predicted octanol–water partition coefficient (Wildman–Crippen LogP) is 3.43. The molecule has 0 fully saturated rings. The molecule has 8 nitrogen and oxygen atoms in total. The minimum Gasteiger partial charge on any atom is -0.475 e. The number of rotatable bonds is 8. The molecule has 1 aliphatic rings. The van der Waals surface area contributed by atoms with E-state index in [1.807, 2.05) is 0 Å². The molecule has 1 aliphatic heterocycles. The van der Waals surface area contributed by atoms with Crippen molar-refractivity contribution in [3.05, 3.63) is 43.5 Å². The molecule has 1 heterocycles. The number of benzene rings is 1. The first-order valence-electron chi connectivity index (χ1n) is 8.29. The summed E-state index contributed by atoms with van der Waals surface area (Å²) >= 11 is 6.14. The maximum Gasteiger partial charge on any atom is 0.430 e. The summed E-state index contributed by atoms with van der Waals surface area (Å²) in [5.41, 5.74) is 0.564. The van der Waals surface area contributed by atoms with Gasteiger partial charge in [0, 0.05) is 10.6 Å². The molecule has 0 spiro atoms. The Hall–Kier alpha value is -2.53. The van der Waals surface area contributed by atoms with Gasteiger partial charge in [-0.1, -0.05) is 11.6 Å². The van der Waals surface area contributed by atoms with Crippen molar-refractivity contribution in [3.63, 3.8) is 0 Å².